The van der Waals surface area contributed by atoms with Crippen molar-refractivity contribution in [1.82, 2.24) is 9.97 Å². The van der Waals surface area contributed by atoms with Crippen LogP contribution < -0.4 is 11.0 Å². The molecular formula is C15H18N3P. The fourth-order valence-corrected chi connectivity index (χ4v) is 3.16. The molecule has 3 rings (SSSR count). The summed E-state index contributed by atoms with van der Waals surface area (Å²) in [4.78, 5) is 9.07. The van der Waals surface area contributed by atoms with Gasteiger partial charge in [-0.3, -0.25) is 9.97 Å². The molecule has 0 atom stereocenters. The van der Waals surface area contributed by atoms with Gasteiger partial charge >= 0.3 is 0 Å². The Bertz CT molecular complexity index is 589. The summed E-state index contributed by atoms with van der Waals surface area (Å²) in [7, 11) is -0.203. The van der Waals surface area contributed by atoms with Gasteiger partial charge in [-0.2, -0.15) is 0 Å². The van der Waals surface area contributed by atoms with Gasteiger partial charge in [0.25, 0.3) is 0 Å². The van der Waals surface area contributed by atoms with E-state index in [0.29, 0.717) is 5.92 Å². The van der Waals surface area contributed by atoms with Crippen LogP contribution in [0.3, 0.4) is 0 Å². The third-order valence-corrected chi connectivity index (χ3v) is 4.83. The van der Waals surface area contributed by atoms with E-state index in [1.165, 1.54) is 18.1 Å². The van der Waals surface area contributed by atoms with Gasteiger partial charge in [0.2, 0.25) is 0 Å². The first-order valence-electron chi connectivity index (χ1n) is 6.54. The lowest BCUT2D eigenvalue weighted by Crippen LogP contribution is -2.07. The largest absolute Gasteiger partial charge is 0.398 e. The minimum Gasteiger partial charge on any atom is -0.398 e. The number of nitrogens with two attached hydrogens (primary N) is 1. The summed E-state index contributed by atoms with van der Waals surface area (Å²) in [5.74, 6) is 0.655. The molecule has 0 amide bonds. The van der Waals surface area contributed by atoms with Gasteiger partial charge in [-0.05, 0) is 43.6 Å². The molecule has 1 aliphatic rings. The van der Waals surface area contributed by atoms with Gasteiger partial charge < -0.3 is 5.73 Å². The highest BCUT2D eigenvalue weighted by atomic mass is 31.1. The lowest BCUT2D eigenvalue weighted by Gasteiger charge is -2.11. The van der Waals surface area contributed by atoms with Crippen molar-refractivity contribution in [3.63, 3.8) is 0 Å². The van der Waals surface area contributed by atoms with E-state index in [-0.39, 0.29) is 7.92 Å². The molecule has 0 radical (unpaired) electrons. The van der Waals surface area contributed by atoms with Gasteiger partial charge in [-0.1, -0.05) is 14.0 Å². The normalized spacial score (nSPS) is 14.9. The van der Waals surface area contributed by atoms with E-state index in [1.54, 1.807) is 0 Å². The van der Waals surface area contributed by atoms with Crippen LogP contribution >= 0.6 is 7.92 Å². The van der Waals surface area contributed by atoms with Crippen molar-refractivity contribution < 1.29 is 0 Å². The standard InChI is InChI=1S/C15H18N3P/c1-19(2)15-7-11(5-6-12(15)16)14-9-17-13(8-18-14)10-3-4-10/h5-10H,3-4,16H2,1-2H3. The molecular weight excluding hydrogens is 253 g/mol. The maximum Gasteiger partial charge on any atom is 0.0885 e. The van der Waals surface area contributed by atoms with E-state index >= 15 is 0 Å². The molecule has 1 aromatic heterocycles. The molecule has 2 N–H and O–H groups in total. The molecule has 1 aromatic carbocycles. The third kappa shape index (κ3) is 2.62. The van der Waals surface area contributed by atoms with Gasteiger partial charge in [0.1, 0.15) is 0 Å². The SMILES string of the molecule is CP(C)c1cc(-c2cnc(C3CC3)cn2)ccc1N. The van der Waals surface area contributed by atoms with Crippen LogP contribution in [0.2, 0.25) is 0 Å². The van der Waals surface area contributed by atoms with Crippen molar-refractivity contribution in [1.29, 1.82) is 0 Å². The molecule has 98 valence electrons. The van der Waals surface area contributed by atoms with Crippen LogP contribution in [-0.4, -0.2) is 23.3 Å². The second-order valence-corrected chi connectivity index (χ2v) is 7.54. The monoisotopic (exact) mass is 271 g/mol. The van der Waals surface area contributed by atoms with E-state index in [1.807, 2.05) is 24.5 Å². The van der Waals surface area contributed by atoms with E-state index in [0.717, 1.165) is 22.6 Å². The highest BCUT2D eigenvalue weighted by molar-refractivity contribution is 7.64. The molecule has 4 heteroatoms. The summed E-state index contributed by atoms with van der Waals surface area (Å²) in [5, 5.41) is 1.24. The van der Waals surface area contributed by atoms with Crippen LogP contribution in [-0.2, 0) is 0 Å². The smallest absolute Gasteiger partial charge is 0.0885 e. The van der Waals surface area contributed by atoms with Crippen LogP contribution in [0.1, 0.15) is 24.5 Å². The first kappa shape index (κ1) is 12.6. The highest BCUT2D eigenvalue weighted by Gasteiger charge is 2.25. The van der Waals surface area contributed by atoms with Crippen molar-refractivity contribution in [2.45, 2.75) is 18.8 Å². The summed E-state index contributed by atoms with van der Waals surface area (Å²) >= 11 is 0. The zero-order chi connectivity index (χ0) is 13.4. The molecule has 1 fully saturated rings. The average molecular weight is 271 g/mol. The Balaban J connectivity index is 1.94. The van der Waals surface area contributed by atoms with Gasteiger partial charge in [0.05, 0.1) is 17.6 Å². The van der Waals surface area contributed by atoms with Gasteiger partial charge in [-0.25, -0.2) is 0 Å². The Kier molecular flexibility index (Phi) is 3.24. The fourth-order valence-electron chi connectivity index (χ4n) is 2.17. The Labute approximate surface area is 115 Å². The van der Waals surface area contributed by atoms with Crippen molar-refractivity contribution in [3.8, 4) is 11.3 Å². The fraction of sp³-hybridized carbons (Fsp3) is 0.333. The number of nitrogen functional groups attached to an aromatic ring is 1. The molecule has 0 bridgehead atoms. The number of anilines is 1. The zero-order valence-corrected chi connectivity index (χ0v) is 12.2. The lowest BCUT2D eigenvalue weighted by atomic mass is 10.1. The number of rotatable bonds is 3. The molecule has 3 nitrogen and oxygen atoms in total. The summed E-state index contributed by atoms with van der Waals surface area (Å²) in [6, 6.07) is 6.16. The van der Waals surface area contributed by atoms with Gasteiger partial charge in [0.15, 0.2) is 0 Å². The Morgan fingerprint density at radius 3 is 2.53 bits per heavy atom. The summed E-state index contributed by atoms with van der Waals surface area (Å²) in [6.07, 6.45) is 6.33. The Hall–Kier alpha value is -1.47. The lowest BCUT2D eigenvalue weighted by molar-refractivity contribution is 0.991. The van der Waals surface area contributed by atoms with Crippen LogP contribution in [0.4, 0.5) is 5.69 Å². The van der Waals surface area contributed by atoms with E-state index in [4.69, 9.17) is 5.73 Å². The minimum absolute atomic E-state index is 0.203. The van der Waals surface area contributed by atoms with E-state index in [9.17, 15) is 0 Å². The summed E-state index contributed by atoms with van der Waals surface area (Å²) in [6.45, 7) is 4.43. The molecule has 0 aliphatic heterocycles. The molecule has 1 heterocycles. The van der Waals surface area contributed by atoms with E-state index in [2.05, 4.69) is 29.4 Å². The average Bonchev–Trinajstić information content (AvgIpc) is 3.23. The van der Waals surface area contributed by atoms with Crippen molar-refractivity contribution in [2.75, 3.05) is 19.1 Å². The maximum atomic E-state index is 6.02. The van der Waals surface area contributed by atoms with Gasteiger partial charge in [-0.15, -0.1) is 0 Å². The second kappa shape index (κ2) is 4.90. The van der Waals surface area contributed by atoms with Crippen LogP contribution in [0, 0.1) is 0 Å². The Morgan fingerprint density at radius 2 is 1.95 bits per heavy atom. The first-order valence-corrected chi connectivity index (χ1v) is 8.78. The van der Waals surface area contributed by atoms with Gasteiger partial charge in [0, 0.05) is 23.4 Å². The topological polar surface area (TPSA) is 51.8 Å². The molecule has 0 spiro atoms. The molecule has 0 unspecified atom stereocenters. The number of hydrogen-bond donors (Lipinski definition) is 1. The number of benzene rings is 1. The van der Waals surface area contributed by atoms with Crippen molar-refractivity contribution in [2.24, 2.45) is 0 Å². The second-order valence-electron chi connectivity index (χ2n) is 5.27. The highest BCUT2D eigenvalue weighted by Crippen LogP contribution is 2.38. The predicted molar refractivity (Wildman–Crippen MR) is 82.3 cm³/mol. The first-order chi connectivity index (χ1) is 9.15. The van der Waals surface area contributed by atoms with Crippen molar-refractivity contribution in [3.05, 3.63) is 36.3 Å². The third-order valence-electron chi connectivity index (χ3n) is 3.48. The molecule has 19 heavy (non-hydrogen) atoms. The number of aromatic nitrogens is 2. The molecule has 2 aromatic rings. The van der Waals surface area contributed by atoms with Crippen LogP contribution in [0.5, 0.6) is 0 Å². The maximum absolute atomic E-state index is 6.02. The Morgan fingerprint density at radius 1 is 1.16 bits per heavy atom. The van der Waals surface area contributed by atoms with Crippen molar-refractivity contribution >= 4 is 18.9 Å². The quantitative estimate of drug-likeness (QED) is 0.689. The van der Waals surface area contributed by atoms with Crippen LogP contribution in [0.25, 0.3) is 11.3 Å². The summed E-state index contributed by atoms with van der Waals surface area (Å²) < 4.78 is 0. The number of nitrogens with zero attached hydrogens (tertiary/aromatic N) is 2. The molecule has 0 saturated heterocycles. The molecule has 1 aliphatic carbocycles. The molecule has 1 saturated carbocycles. The number of hydrogen-bond acceptors (Lipinski definition) is 3. The summed E-state index contributed by atoms with van der Waals surface area (Å²) in [5.41, 5.74) is 10.1. The van der Waals surface area contributed by atoms with E-state index < -0.39 is 0 Å². The van der Waals surface area contributed by atoms with Crippen LogP contribution in [0.15, 0.2) is 30.6 Å². The minimum atomic E-state index is -0.203. The predicted octanol–water partition coefficient (Wildman–Crippen LogP) is 2.97. The zero-order valence-electron chi connectivity index (χ0n) is 11.3.